The number of nitrogens with zero attached hydrogens (tertiary/aromatic N) is 3. The number of aryl methyl sites for hydroxylation is 1. The SMILES string of the molecule is Cn1nc(-c2cccs2)nc1CC(C)(O)CN. The van der Waals surface area contributed by atoms with Gasteiger partial charge in [0.05, 0.1) is 10.5 Å². The predicted molar refractivity (Wildman–Crippen MR) is 67.7 cm³/mol. The van der Waals surface area contributed by atoms with Crippen molar-refractivity contribution in [2.75, 3.05) is 6.54 Å². The summed E-state index contributed by atoms with van der Waals surface area (Å²) in [5.74, 6) is 1.44. The lowest BCUT2D eigenvalue weighted by Crippen LogP contribution is -2.37. The first-order valence-electron chi connectivity index (χ1n) is 5.38. The van der Waals surface area contributed by atoms with Crippen LogP contribution in [0.3, 0.4) is 0 Å². The maximum atomic E-state index is 9.94. The molecule has 0 amide bonds. The quantitative estimate of drug-likeness (QED) is 0.843. The molecule has 0 aliphatic heterocycles. The summed E-state index contributed by atoms with van der Waals surface area (Å²) >= 11 is 1.60. The molecular weight excluding hydrogens is 236 g/mol. The Hall–Kier alpha value is -1.24. The van der Waals surface area contributed by atoms with Crippen LogP contribution in [-0.2, 0) is 13.5 Å². The Bertz CT molecular complexity index is 490. The first-order chi connectivity index (χ1) is 8.02. The van der Waals surface area contributed by atoms with Crippen LogP contribution < -0.4 is 5.73 Å². The first kappa shape index (κ1) is 12.2. The molecule has 0 aromatic carbocycles. The molecule has 2 heterocycles. The molecule has 0 fully saturated rings. The molecule has 6 heteroatoms. The van der Waals surface area contributed by atoms with Gasteiger partial charge in [-0.15, -0.1) is 11.3 Å². The van der Waals surface area contributed by atoms with Gasteiger partial charge in [-0.05, 0) is 18.4 Å². The summed E-state index contributed by atoms with van der Waals surface area (Å²) in [6.45, 7) is 1.90. The Morgan fingerprint density at radius 3 is 2.94 bits per heavy atom. The molecule has 0 saturated heterocycles. The zero-order chi connectivity index (χ0) is 12.5. The van der Waals surface area contributed by atoms with E-state index < -0.39 is 5.60 Å². The molecule has 0 radical (unpaired) electrons. The number of aromatic nitrogens is 3. The fourth-order valence-corrected chi connectivity index (χ4v) is 2.15. The highest BCUT2D eigenvalue weighted by molar-refractivity contribution is 7.13. The van der Waals surface area contributed by atoms with E-state index in [1.807, 2.05) is 24.6 Å². The van der Waals surface area contributed by atoms with Crippen LogP contribution >= 0.6 is 11.3 Å². The Labute approximate surface area is 104 Å². The van der Waals surface area contributed by atoms with E-state index in [2.05, 4.69) is 10.1 Å². The molecular formula is C11H16N4OS. The maximum absolute atomic E-state index is 9.94. The van der Waals surface area contributed by atoms with Gasteiger partial charge in [0.1, 0.15) is 5.82 Å². The number of nitrogens with two attached hydrogens (primary N) is 1. The highest BCUT2D eigenvalue weighted by Gasteiger charge is 2.22. The standard InChI is InChI=1S/C11H16N4OS/c1-11(16,7-12)6-9-13-10(14-15(9)2)8-4-3-5-17-8/h3-5,16H,6-7,12H2,1-2H3. The second-order valence-corrected chi connectivity index (χ2v) is 5.28. The van der Waals surface area contributed by atoms with Crippen molar-refractivity contribution in [1.29, 1.82) is 0 Å². The van der Waals surface area contributed by atoms with E-state index in [-0.39, 0.29) is 6.54 Å². The predicted octanol–water partition coefficient (Wildman–Crippen LogP) is 0.796. The zero-order valence-electron chi connectivity index (χ0n) is 9.92. The molecule has 5 nitrogen and oxygen atoms in total. The lowest BCUT2D eigenvalue weighted by Gasteiger charge is -2.19. The van der Waals surface area contributed by atoms with Crippen molar-refractivity contribution >= 4 is 11.3 Å². The van der Waals surface area contributed by atoms with Gasteiger partial charge in [-0.1, -0.05) is 6.07 Å². The van der Waals surface area contributed by atoms with E-state index >= 15 is 0 Å². The van der Waals surface area contributed by atoms with Crippen LogP contribution in [0, 0.1) is 0 Å². The number of rotatable bonds is 4. The van der Waals surface area contributed by atoms with Gasteiger partial charge in [-0.3, -0.25) is 4.68 Å². The van der Waals surface area contributed by atoms with Crippen LogP contribution in [0.2, 0.25) is 0 Å². The van der Waals surface area contributed by atoms with E-state index in [1.54, 1.807) is 22.9 Å². The Kier molecular flexibility index (Phi) is 3.28. The molecule has 0 bridgehead atoms. The Balaban J connectivity index is 2.26. The third-order valence-electron chi connectivity index (χ3n) is 2.57. The highest BCUT2D eigenvalue weighted by atomic mass is 32.1. The summed E-state index contributed by atoms with van der Waals surface area (Å²) in [6, 6.07) is 3.94. The fraction of sp³-hybridized carbons (Fsp3) is 0.455. The Morgan fingerprint density at radius 1 is 1.59 bits per heavy atom. The lowest BCUT2D eigenvalue weighted by atomic mass is 10.0. The minimum atomic E-state index is -0.937. The van der Waals surface area contributed by atoms with E-state index in [4.69, 9.17) is 5.73 Å². The van der Waals surface area contributed by atoms with Crippen molar-refractivity contribution in [1.82, 2.24) is 14.8 Å². The average Bonchev–Trinajstić information content (AvgIpc) is 2.89. The molecule has 0 saturated carbocycles. The van der Waals surface area contributed by atoms with Crippen LogP contribution in [0.4, 0.5) is 0 Å². The largest absolute Gasteiger partial charge is 0.388 e. The van der Waals surface area contributed by atoms with Gasteiger partial charge in [-0.2, -0.15) is 5.10 Å². The average molecular weight is 252 g/mol. The molecule has 1 unspecified atom stereocenters. The van der Waals surface area contributed by atoms with Crippen molar-refractivity contribution in [3.8, 4) is 10.7 Å². The van der Waals surface area contributed by atoms with Gasteiger partial charge in [0.25, 0.3) is 0 Å². The lowest BCUT2D eigenvalue weighted by molar-refractivity contribution is 0.0666. The van der Waals surface area contributed by atoms with Gasteiger partial charge >= 0.3 is 0 Å². The molecule has 3 N–H and O–H groups in total. The van der Waals surface area contributed by atoms with Crippen LogP contribution in [0.25, 0.3) is 10.7 Å². The molecule has 92 valence electrons. The van der Waals surface area contributed by atoms with Crippen LogP contribution in [0.1, 0.15) is 12.7 Å². The van der Waals surface area contributed by atoms with Crippen LogP contribution in [-0.4, -0.2) is 32.0 Å². The number of thiophene rings is 1. The normalized spacial score (nSPS) is 14.8. The fourth-order valence-electron chi connectivity index (χ4n) is 1.49. The molecule has 1 atom stereocenters. The molecule has 2 rings (SSSR count). The molecule has 2 aromatic rings. The van der Waals surface area contributed by atoms with Gasteiger partial charge < -0.3 is 10.8 Å². The van der Waals surface area contributed by atoms with Crippen molar-refractivity contribution in [3.63, 3.8) is 0 Å². The van der Waals surface area contributed by atoms with E-state index in [9.17, 15) is 5.11 Å². The number of hydrogen-bond donors (Lipinski definition) is 2. The van der Waals surface area contributed by atoms with E-state index in [0.29, 0.717) is 12.2 Å². The van der Waals surface area contributed by atoms with Gasteiger partial charge in [0.15, 0.2) is 5.82 Å². The summed E-state index contributed by atoms with van der Waals surface area (Å²) in [4.78, 5) is 5.46. The van der Waals surface area contributed by atoms with Crippen molar-refractivity contribution in [2.24, 2.45) is 12.8 Å². The van der Waals surface area contributed by atoms with Crippen molar-refractivity contribution in [2.45, 2.75) is 18.9 Å². The number of hydrogen-bond acceptors (Lipinski definition) is 5. The Morgan fingerprint density at radius 2 is 2.35 bits per heavy atom. The second-order valence-electron chi connectivity index (χ2n) is 4.33. The summed E-state index contributed by atoms with van der Waals surface area (Å²) in [5.41, 5.74) is 4.56. The van der Waals surface area contributed by atoms with Gasteiger partial charge in [0, 0.05) is 20.0 Å². The summed E-state index contributed by atoms with van der Waals surface area (Å²) in [6.07, 6.45) is 0.401. The minimum Gasteiger partial charge on any atom is -0.388 e. The molecule has 0 aliphatic carbocycles. The summed E-state index contributed by atoms with van der Waals surface area (Å²) < 4.78 is 1.69. The highest BCUT2D eigenvalue weighted by Crippen LogP contribution is 2.22. The second kappa shape index (κ2) is 4.56. The summed E-state index contributed by atoms with van der Waals surface area (Å²) in [5, 5.41) is 16.3. The van der Waals surface area contributed by atoms with Gasteiger partial charge in [0.2, 0.25) is 0 Å². The third kappa shape index (κ3) is 2.71. The van der Waals surface area contributed by atoms with Crippen molar-refractivity contribution < 1.29 is 5.11 Å². The third-order valence-corrected chi connectivity index (χ3v) is 3.44. The van der Waals surface area contributed by atoms with Crippen LogP contribution in [0.15, 0.2) is 17.5 Å². The van der Waals surface area contributed by atoms with Crippen LogP contribution in [0.5, 0.6) is 0 Å². The number of aliphatic hydroxyl groups is 1. The summed E-state index contributed by atoms with van der Waals surface area (Å²) in [7, 11) is 1.83. The monoisotopic (exact) mass is 252 g/mol. The molecule has 17 heavy (non-hydrogen) atoms. The smallest absolute Gasteiger partial charge is 0.191 e. The maximum Gasteiger partial charge on any atom is 0.191 e. The molecule has 0 spiro atoms. The van der Waals surface area contributed by atoms with Crippen molar-refractivity contribution in [3.05, 3.63) is 23.3 Å². The van der Waals surface area contributed by atoms with E-state index in [1.165, 1.54) is 0 Å². The molecule has 0 aliphatic rings. The minimum absolute atomic E-state index is 0.203. The zero-order valence-corrected chi connectivity index (χ0v) is 10.7. The first-order valence-corrected chi connectivity index (χ1v) is 6.26. The topological polar surface area (TPSA) is 77.0 Å². The molecule has 2 aromatic heterocycles. The van der Waals surface area contributed by atoms with Gasteiger partial charge in [-0.25, -0.2) is 4.98 Å². The van der Waals surface area contributed by atoms with E-state index in [0.717, 1.165) is 10.7 Å².